The molecule has 0 saturated heterocycles. The van der Waals surface area contributed by atoms with Gasteiger partial charge < -0.3 is 10.4 Å². The van der Waals surface area contributed by atoms with Crippen molar-refractivity contribution in [2.75, 3.05) is 0 Å². The summed E-state index contributed by atoms with van der Waals surface area (Å²) in [5.41, 5.74) is 3.48. The van der Waals surface area contributed by atoms with E-state index in [1.807, 2.05) is 13.0 Å². The number of rotatable bonds is 4. The topological polar surface area (TPSA) is 32.3 Å². The maximum Gasteiger partial charge on any atom is 0.0940 e. The maximum absolute atomic E-state index is 10.2. The van der Waals surface area contributed by atoms with Gasteiger partial charge >= 0.3 is 0 Å². The first-order chi connectivity index (χ1) is 7.41. The van der Waals surface area contributed by atoms with Crippen molar-refractivity contribution >= 4 is 0 Å². The second-order valence-corrected chi connectivity index (χ2v) is 4.90. The summed E-state index contributed by atoms with van der Waals surface area (Å²) in [7, 11) is 0. The minimum atomic E-state index is -0.443. The Morgan fingerprint density at radius 3 is 2.19 bits per heavy atom. The molecule has 2 N–H and O–H groups in total. The van der Waals surface area contributed by atoms with Gasteiger partial charge in [0.15, 0.2) is 0 Å². The second-order valence-electron chi connectivity index (χ2n) is 4.90. The van der Waals surface area contributed by atoms with E-state index in [0.717, 1.165) is 5.56 Å². The Balaban J connectivity index is 2.79. The molecule has 0 spiro atoms. The van der Waals surface area contributed by atoms with Crippen molar-refractivity contribution in [1.82, 2.24) is 5.32 Å². The average molecular weight is 221 g/mol. The molecule has 0 radical (unpaired) electrons. The molecule has 0 aliphatic carbocycles. The molecular formula is C14H23NO. The molecule has 1 aromatic rings. The van der Waals surface area contributed by atoms with Crippen LogP contribution in [0.25, 0.3) is 0 Å². The Labute approximate surface area is 98.7 Å². The fourth-order valence-corrected chi connectivity index (χ4v) is 1.85. The van der Waals surface area contributed by atoms with Gasteiger partial charge in [-0.3, -0.25) is 0 Å². The molecule has 0 aliphatic heterocycles. The minimum absolute atomic E-state index is 0.0714. The number of hydrogen-bond donors (Lipinski definition) is 2. The van der Waals surface area contributed by atoms with Gasteiger partial charge in [0.1, 0.15) is 0 Å². The highest BCUT2D eigenvalue weighted by atomic mass is 16.3. The van der Waals surface area contributed by atoms with Crippen LogP contribution in [0.5, 0.6) is 0 Å². The van der Waals surface area contributed by atoms with Gasteiger partial charge in [-0.05, 0) is 37.5 Å². The molecule has 0 saturated carbocycles. The Morgan fingerprint density at radius 2 is 1.69 bits per heavy atom. The molecular weight excluding hydrogens is 198 g/mol. The summed E-state index contributed by atoms with van der Waals surface area (Å²) in [5, 5.41) is 13.5. The molecule has 0 aromatic heterocycles. The molecule has 16 heavy (non-hydrogen) atoms. The highest BCUT2D eigenvalue weighted by Crippen LogP contribution is 2.20. The molecule has 2 heteroatoms. The van der Waals surface area contributed by atoms with E-state index in [2.05, 4.69) is 45.1 Å². The first kappa shape index (κ1) is 13.2. The van der Waals surface area contributed by atoms with Crippen molar-refractivity contribution in [2.45, 2.75) is 52.8 Å². The van der Waals surface area contributed by atoms with Crippen LogP contribution in [-0.4, -0.2) is 17.2 Å². The third-order valence-corrected chi connectivity index (χ3v) is 2.94. The zero-order valence-corrected chi connectivity index (χ0v) is 10.9. The average Bonchev–Trinajstić information content (AvgIpc) is 2.20. The van der Waals surface area contributed by atoms with Gasteiger partial charge in [0, 0.05) is 12.1 Å². The number of aliphatic hydroxyl groups excluding tert-OH is 1. The van der Waals surface area contributed by atoms with E-state index in [4.69, 9.17) is 0 Å². The molecule has 1 rings (SSSR count). The smallest absolute Gasteiger partial charge is 0.0940 e. The summed E-state index contributed by atoms with van der Waals surface area (Å²) < 4.78 is 0. The summed E-state index contributed by atoms with van der Waals surface area (Å²) in [6.45, 7) is 10.3. The van der Waals surface area contributed by atoms with Crippen molar-refractivity contribution in [3.63, 3.8) is 0 Å². The minimum Gasteiger partial charge on any atom is -0.387 e. The Hall–Kier alpha value is -0.860. The van der Waals surface area contributed by atoms with Crippen molar-refractivity contribution in [1.29, 1.82) is 0 Å². The SMILES string of the molecule is Cc1ccc(C(O)C(C)NC(C)C)cc1C. The molecule has 0 aliphatic rings. The highest BCUT2D eigenvalue weighted by Gasteiger charge is 2.16. The molecule has 0 heterocycles. The van der Waals surface area contributed by atoms with Crippen LogP contribution in [0.15, 0.2) is 18.2 Å². The monoisotopic (exact) mass is 221 g/mol. The normalized spacial score (nSPS) is 15.2. The van der Waals surface area contributed by atoms with Crippen LogP contribution in [0.2, 0.25) is 0 Å². The fourth-order valence-electron chi connectivity index (χ4n) is 1.85. The largest absolute Gasteiger partial charge is 0.387 e. The predicted molar refractivity (Wildman–Crippen MR) is 68.6 cm³/mol. The van der Waals surface area contributed by atoms with Gasteiger partial charge in [-0.15, -0.1) is 0 Å². The van der Waals surface area contributed by atoms with Gasteiger partial charge in [-0.25, -0.2) is 0 Å². The molecule has 0 bridgehead atoms. The van der Waals surface area contributed by atoms with Crippen LogP contribution in [0, 0.1) is 13.8 Å². The number of hydrogen-bond acceptors (Lipinski definition) is 2. The molecule has 0 amide bonds. The number of aliphatic hydroxyl groups is 1. The zero-order valence-electron chi connectivity index (χ0n) is 10.9. The third-order valence-electron chi connectivity index (χ3n) is 2.94. The zero-order chi connectivity index (χ0) is 12.3. The molecule has 90 valence electrons. The summed E-state index contributed by atoms with van der Waals surface area (Å²) in [6, 6.07) is 6.60. The Bertz CT molecular complexity index is 347. The number of aryl methyl sites for hydroxylation is 2. The van der Waals surface area contributed by atoms with Crippen molar-refractivity contribution < 1.29 is 5.11 Å². The van der Waals surface area contributed by atoms with E-state index < -0.39 is 6.10 Å². The van der Waals surface area contributed by atoms with E-state index in [1.165, 1.54) is 11.1 Å². The summed E-state index contributed by atoms with van der Waals surface area (Å²) in [5.74, 6) is 0. The van der Waals surface area contributed by atoms with Crippen molar-refractivity contribution in [3.8, 4) is 0 Å². The van der Waals surface area contributed by atoms with Gasteiger partial charge in [0.2, 0.25) is 0 Å². The Kier molecular flexibility index (Phi) is 4.51. The summed E-state index contributed by atoms with van der Waals surface area (Å²) >= 11 is 0. The lowest BCUT2D eigenvalue weighted by atomic mass is 9.99. The lowest BCUT2D eigenvalue weighted by molar-refractivity contribution is 0.131. The van der Waals surface area contributed by atoms with Crippen molar-refractivity contribution in [3.05, 3.63) is 34.9 Å². The number of benzene rings is 1. The standard InChI is InChI=1S/C14H23NO/c1-9(2)15-12(5)14(16)13-7-6-10(3)11(4)8-13/h6-9,12,14-16H,1-5H3. The second kappa shape index (κ2) is 5.46. The van der Waals surface area contributed by atoms with E-state index in [-0.39, 0.29) is 6.04 Å². The van der Waals surface area contributed by atoms with Gasteiger partial charge in [0.25, 0.3) is 0 Å². The fraction of sp³-hybridized carbons (Fsp3) is 0.571. The molecule has 2 nitrogen and oxygen atoms in total. The first-order valence-electron chi connectivity index (χ1n) is 5.93. The molecule has 2 unspecified atom stereocenters. The lowest BCUT2D eigenvalue weighted by Crippen LogP contribution is -2.37. The quantitative estimate of drug-likeness (QED) is 0.819. The molecule has 0 fully saturated rings. The van der Waals surface area contributed by atoms with E-state index in [0.29, 0.717) is 6.04 Å². The predicted octanol–water partition coefficient (Wildman–Crippen LogP) is 2.72. The van der Waals surface area contributed by atoms with Crippen LogP contribution in [0.1, 0.15) is 43.6 Å². The van der Waals surface area contributed by atoms with Crippen LogP contribution < -0.4 is 5.32 Å². The van der Waals surface area contributed by atoms with Gasteiger partial charge in [-0.2, -0.15) is 0 Å². The van der Waals surface area contributed by atoms with Crippen LogP contribution in [0.4, 0.5) is 0 Å². The summed E-state index contributed by atoms with van der Waals surface area (Å²) in [6.07, 6.45) is -0.443. The Morgan fingerprint density at radius 1 is 1.06 bits per heavy atom. The van der Waals surface area contributed by atoms with Crippen LogP contribution >= 0.6 is 0 Å². The van der Waals surface area contributed by atoms with Crippen molar-refractivity contribution in [2.24, 2.45) is 0 Å². The number of nitrogens with one attached hydrogen (secondary N) is 1. The van der Waals surface area contributed by atoms with Gasteiger partial charge in [-0.1, -0.05) is 32.0 Å². The maximum atomic E-state index is 10.2. The van der Waals surface area contributed by atoms with E-state index in [1.54, 1.807) is 0 Å². The highest BCUT2D eigenvalue weighted by molar-refractivity contribution is 5.31. The third kappa shape index (κ3) is 3.32. The van der Waals surface area contributed by atoms with Gasteiger partial charge in [0.05, 0.1) is 6.10 Å². The van der Waals surface area contributed by atoms with E-state index >= 15 is 0 Å². The van der Waals surface area contributed by atoms with Crippen LogP contribution in [0.3, 0.4) is 0 Å². The lowest BCUT2D eigenvalue weighted by Gasteiger charge is -2.23. The summed E-state index contributed by atoms with van der Waals surface area (Å²) in [4.78, 5) is 0. The first-order valence-corrected chi connectivity index (χ1v) is 5.93. The van der Waals surface area contributed by atoms with E-state index in [9.17, 15) is 5.11 Å². The molecule has 1 aromatic carbocycles. The van der Waals surface area contributed by atoms with Crippen LogP contribution in [-0.2, 0) is 0 Å². The molecule has 2 atom stereocenters.